The lowest BCUT2D eigenvalue weighted by Crippen LogP contribution is -2.17. The first kappa shape index (κ1) is 15.6. The standard InChI is InChI=1S/C19H18O6/c1-22-16-5-11-10(3-4-14(20)13(11)6-17(16)23-2)12-7-18-19(8-15(12)21)25-9-24-18/h5-8,10,21H,3-4,9H2,1-2H3/t10-/m1/s1. The number of ketones is 1. The van der Waals surface area contributed by atoms with Crippen molar-refractivity contribution in [3.63, 3.8) is 0 Å². The smallest absolute Gasteiger partial charge is 0.231 e. The minimum absolute atomic E-state index is 0.0624. The highest BCUT2D eigenvalue weighted by atomic mass is 16.7. The molecule has 2 aromatic rings. The van der Waals surface area contributed by atoms with Crippen LogP contribution in [0.15, 0.2) is 24.3 Å². The molecule has 4 rings (SSSR count). The molecular formula is C19H18O6. The third-order valence-electron chi connectivity index (χ3n) is 4.79. The summed E-state index contributed by atoms with van der Waals surface area (Å²) in [6.07, 6.45) is 1.01. The van der Waals surface area contributed by atoms with Gasteiger partial charge >= 0.3 is 0 Å². The van der Waals surface area contributed by atoms with Crippen LogP contribution in [0.25, 0.3) is 0 Å². The molecule has 0 unspecified atom stereocenters. The largest absolute Gasteiger partial charge is 0.508 e. The molecule has 0 spiro atoms. The van der Waals surface area contributed by atoms with Gasteiger partial charge in [-0.1, -0.05) is 0 Å². The fraction of sp³-hybridized carbons (Fsp3) is 0.316. The Labute approximate surface area is 144 Å². The molecule has 2 aliphatic rings. The zero-order valence-electron chi connectivity index (χ0n) is 14.0. The molecule has 1 aliphatic heterocycles. The zero-order valence-corrected chi connectivity index (χ0v) is 14.0. The number of hydrogen-bond donors (Lipinski definition) is 1. The molecule has 0 saturated heterocycles. The van der Waals surface area contributed by atoms with Crippen LogP contribution >= 0.6 is 0 Å². The van der Waals surface area contributed by atoms with E-state index >= 15 is 0 Å². The topological polar surface area (TPSA) is 74.2 Å². The third-order valence-corrected chi connectivity index (χ3v) is 4.79. The molecule has 2 aromatic carbocycles. The maximum Gasteiger partial charge on any atom is 0.231 e. The molecule has 0 amide bonds. The molecule has 1 atom stereocenters. The number of ether oxygens (including phenoxy) is 4. The molecule has 6 nitrogen and oxygen atoms in total. The van der Waals surface area contributed by atoms with E-state index in [9.17, 15) is 9.90 Å². The number of carbonyl (C=O) groups excluding carboxylic acids is 1. The Morgan fingerprint density at radius 1 is 1.00 bits per heavy atom. The Kier molecular flexibility index (Phi) is 3.67. The van der Waals surface area contributed by atoms with Crippen molar-refractivity contribution in [1.29, 1.82) is 0 Å². The van der Waals surface area contributed by atoms with Gasteiger partial charge in [-0.05, 0) is 30.2 Å². The van der Waals surface area contributed by atoms with Crippen molar-refractivity contribution < 1.29 is 28.8 Å². The second-order valence-electron chi connectivity index (χ2n) is 6.07. The molecule has 6 heteroatoms. The first-order chi connectivity index (χ1) is 12.1. The number of phenolic OH excluding ortho intramolecular Hbond substituents is 1. The Balaban J connectivity index is 1.86. The maximum absolute atomic E-state index is 12.4. The van der Waals surface area contributed by atoms with Crippen LogP contribution in [-0.2, 0) is 0 Å². The van der Waals surface area contributed by atoms with Gasteiger partial charge in [-0.25, -0.2) is 0 Å². The van der Waals surface area contributed by atoms with E-state index in [0.717, 1.165) is 5.56 Å². The number of phenols is 1. The van der Waals surface area contributed by atoms with Crippen LogP contribution in [0, 0.1) is 0 Å². The average Bonchev–Trinajstić information content (AvgIpc) is 3.07. The number of fused-ring (bicyclic) bond motifs is 2. The van der Waals surface area contributed by atoms with Crippen LogP contribution in [0.1, 0.15) is 40.2 Å². The molecule has 1 N–H and O–H groups in total. The van der Waals surface area contributed by atoms with E-state index in [1.807, 2.05) is 6.07 Å². The van der Waals surface area contributed by atoms with E-state index in [0.29, 0.717) is 47.0 Å². The predicted octanol–water partition coefficient (Wildman–Crippen LogP) is 3.25. The lowest BCUT2D eigenvalue weighted by Gasteiger charge is -2.27. The van der Waals surface area contributed by atoms with E-state index in [1.165, 1.54) is 0 Å². The van der Waals surface area contributed by atoms with Gasteiger partial charge < -0.3 is 24.1 Å². The van der Waals surface area contributed by atoms with Crippen molar-refractivity contribution in [2.75, 3.05) is 21.0 Å². The summed E-state index contributed by atoms with van der Waals surface area (Å²) >= 11 is 0. The summed E-state index contributed by atoms with van der Waals surface area (Å²) in [6.45, 7) is 0.142. The molecule has 0 fully saturated rings. The monoisotopic (exact) mass is 342 g/mol. The molecule has 130 valence electrons. The highest BCUT2D eigenvalue weighted by Gasteiger charge is 2.31. The van der Waals surface area contributed by atoms with Crippen LogP contribution in [-0.4, -0.2) is 31.9 Å². The predicted molar refractivity (Wildman–Crippen MR) is 89.2 cm³/mol. The summed E-state index contributed by atoms with van der Waals surface area (Å²) in [5, 5.41) is 10.5. The molecule has 0 radical (unpaired) electrons. The number of Topliss-reactive ketones (excluding diaryl/α,β-unsaturated/α-hetero) is 1. The van der Waals surface area contributed by atoms with E-state index in [-0.39, 0.29) is 24.2 Å². The van der Waals surface area contributed by atoms with Crippen molar-refractivity contribution in [2.45, 2.75) is 18.8 Å². The lowest BCUT2D eigenvalue weighted by molar-refractivity contribution is 0.0968. The van der Waals surface area contributed by atoms with Crippen molar-refractivity contribution in [2.24, 2.45) is 0 Å². The van der Waals surface area contributed by atoms with Crippen LogP contribution in [0.4, 0.5) is 0 Å². The number of carbonyl (C=O) groups is 1. The van der Waals surface area contributed by atoms with Crippen molar-refractivity contribution >= 4 is 5.78 Å². The van der Waals surface area contributed by atoms with Gasteiger partial charge in [0.25, 0.3) is 0 Å². The summed E-state index contributed by atoms with van der Waals surface area (Å²) in [6, 6.07) is 6.89. The highest BCUT2D eigenvalue weighted by Crippen LogP contribution is 2.47. The average molecular weight is 342 g/mol. The fourth-order valence-electron chi connectivity index (χ4n) is 3.54. The van der Waals surface area contributed by atoms with E-state index in [2.05, 4.69) is 0 Å². The van der Waals surface area contributed by atoms with Gasteiger partial charge in [0.2, 0.25) is 6.79 Å². The molecule has 25 heavy (non-hydrogen) atoms. The Hall–Kier alpha value is -2.89. The summed E-state index contributed by atoms with van der Waals surface area (Å²) in [7, 11) is 3.10. The second kappa shape index (κ2) is 5.88. The first-order valence-corrected chi connectivity index (χ1v) is 8.04. The van der Waals surface area contributed by atoms with Crippen molar-refractivity contribution in [3.05, 3.63) is 41.0 Å². The van der Waals surface area contributed by atoms with E-state index in [4.69, 9.17) is 18.9 Å². The van der Waals surface area contributed by atoms with Gasteiger partial charge in [0.1, 0.15) is 5.75 Å². The Bertz CT molecular complexity index is 857. The number of benzene rings is 2. The molecular weight excluding hydrogens is 324 g/mol. The van der Waals surface area contributed by atoms with Gasteiger partial charge in [0.15, 0.2) is 28.8 Å². The SMILES string of the molecule is COc1cc2c(cc1OC)[C@H](c1cc3c(cc1O)OCO3)CCC2=O. The van der Waals surface area contributed by atoms with Crippen LogP contribution in [0.2, 0.25) is 0 Å². The minimum Gasteiger partial charge on any atom is -0.508 e. The number of hydrogen-bond acceptors (Lipinski definition) is 6. The van der Waals surface area contributed by atoms with Crippen LogP contribution < -0.4 is 18.9 Å². The maximum atomic E-state index is 12.4. The number of rotatable bonds is 3. The van der Waals surface area contributed by atoms with E-state index < -0.39 is 0 Å². The van der Waals surface area contributed by atoms with Crippen LogP contribution in [0.3, 0.4) is 0 Å². The van der Waals surface area contributed by atoms with Gasteiger partial charge in [0.05, 0.1) is 14.2 Å². The summed E-state index contributed by atoms with van der Waals surface area (Å²) in [5.74, 6) is 2.26. The van der Waals surface area contributed by atoms with Gasteiger partial charge in [-0.3, -0.25) is 4.79 Å². The van der Waals surface area contributed by atoms with Gasteiger partial charge in [-0.15, -0.1) is 0 Å². The lowest BCUT2D eigenvalue weighted by atomic mass is 9.77. The van der Waals surface area contributed by atoms with Crippen LogP contribution in [0.5, 0.6) is 28.7 Å². The van der Waals surface area contributed by atoms with Crippen molar-refractivity contribution in [1.82, 2.24) is 0 Å². The second-order valence-corrected chi connectivity index (χ2v) is 6.07. The fourth-order valence-corrected chi connectivity index (χ4v) is 3.54. The molecule has 1 aliphatic carbocycles. The third kappa shape index (κ3) is 2.45. The molecule has 0 saturated carbocycles. The zero-order chi connectivity index (χ0) is 17.6. The van der Waals surface area contributed by atoms with Gasteiger partial charge in [-0.2, -0.15) is 0 Å². The minimum atomic E-state index is -0.137. The normalized spacial score (nSPS) is 18.0. The summed E-state index contributed by atoms with van der Waals surface area (Å²) < 4.78 is 21.4. The number of aromatic hydroxyl groups is 1. The van der Waals surface area contributed by atoms with Crippen molar-refractivity contribution in [3.8, 4) is 28.7 Å². The Morgan fingerprint density at radius 3 is 2.40 bits per heavy atom. The van der Waals surface area contributed by atoms with E-state index in [1.54, 1.807) is 32.4 Å². The first-order valence-electron chi connectivity index (χ1n) is 8.04. The quantitative estimate of drug-likeness (QED) is 0.923. The van der Waals surface area contributed by atoms with Gasteiger partial charge in [0, 0.05) is 29.5 Å². The Morgan fingerprint density at radius 2 is 1.68 bits per heavy atom. The molecule has 0 aromatic heterocycles. The molecule has 0 bridgehead atoms. The molecule has 1 heterocycles. The summed E-state index contributed by atoms with van der Waals surface area (Å²) in [4.78, 5) is 12.4. The number of methoxy groups -OCH3 is 2. The highest BCUT2D eigenvalue weighted by molar-refractivity contribution is 6.00. The summed E-state index contributed by atoms with van der Waals surface area (Å²) in [5.41, 5.74) is 2.14.